The van der Waals surface area contributed by atoms with Crippen LogP contribution in [0.25, 0.3) is 0 Å². The Morgan fingerprint density at radius 3 is 2.00 bits per heavy atom. The quantitative estimate of drug-likeness (QED) is 0.871. The summed E-state index contributed by atoms with van der Waals surface area (Å²) in [6, 6.07) is 8.35. The number of amides is 1. The third-order valence-corrected chi connectivity index (χ3v) is 2.32. The fourth-order valence-electron chi connectivity index (χ4n) is 1.44. The van der Waals surface area contributed by atoms with Crippen molar-refractivity contribution in [2.24, 2.45) is 0 Å². The largest absolute Gasteiger partial charge is 0.317 e. The molecule has 0 aliphatic carbocycles. The van der Waals surface area contributed by atoms with Crippen LogP contribution in [0.15, 0.2) is 42.5 Å². The number of benzene rings is 2. The van der Waals surface area contributed by atoms with E-state index in [0.717, 1.165) is 18.2 Å². The zero-order valence-corrected chi connectivity index (χ0v) is 9.08. The van der Waals surface area contributed by atoms with Crippen molar-refractivity contribution in [3.63, 3.8) is 0 Å². The number of nitrogens with one attached hydrogen (secondary N) is 1. The third kappa shape index (κ3) is 2.34. The number of para-hydroxylation sites is 1. The summed E-state index contributed by atoms with van der Waals surface area (Å²) in [7, 11) is 0. The molecule has 92 valence electrons. The van der Waals surface area contributed by atoms with Crippen LogP contribution in [0.5, 0.6) is 0 Å². The maximum absolute atomic E-state index is 13.3. The second kappa shape index (κ2) is 4.91. The number of carbonyl (C=O) groups excluding carboxylic acids is 1. The summed E-state index contributed by atoms with van der Waals surface area (Å²) in [5.74, 6) is -3.50. The minimum atomic E-state index is -0.917. The van der Waals surface area contributed by atoms with E-state index >= 15 is 0 Å². The predicted molar refractivity (Wildman–Crippen MR) is 60.7 cm³/mol. The molecular weight excluding hydrogens is 243 g/mol. The van der Waals surface area contributed by atoms with E-state index in [9.17, 15) is 18.0 Å². The van der Waals surface area contributed by atoms with Crippen molar-refractivity contribution < 1.29 is 18.0 Å². The zero-order valence-electron chi connectivity index (χ0n) is 9.08. The van der Waals surface area contributed by atoms with Crippen molar-refractivity contribution in [1.29, 1.82) is 0 Å². The first kappa shape index (κ1) is 12.2. The van der Waals surface area contributed by atoms with Gasteiger partial charge in [-0.3, -0.25) is 4.79 Å². The van der Waals surface area contributed by atoms with Crippen molar-refractivity contribution in [2.45, 2.75) is 0 Å². The first-order valence-electron chi connectivity index (χ1n) is 5.09. The average molecular weight is 251 g/mol. The minimum absolute atomic E-state index is 0.278. The fraction of sp³-hybridized carbons (Fsp3) is 0. The summed E-state index contributed by atoms with van der Waals surface area (Å²) >= 11 is 0. The highest BCUT2D eigenvalue weighted by atomic mass is 19.1. The van der Waals surface area contributed by atoms with Crippen LogP contribution in [0.3, 0.4) is 0 Å². The van der Waals surface area contributed by atoms with Crippen molar-refractivity contribution in [3.8, 4) is 0 Å². The standard InChI is InChI=1S/C13H8F3NO/c14-9-5-2-1-4-8(9)13(18)17-12-10(15)6-3-7-11(12)16/h1-7H,(H,17,18). The van der Waals surface area contributed by atoms with Gasteiger partial charge in [-0.15, -0.1) is 0 Å². The van der Waals surface area contributed by atoms with E-state index in [1.807, 2.05) is 5.32 Å². The molecule has 0 aliphatic rings. The molecule has 0 heterocycles. The number of anilines is 1. The molecule has 0 atom stereocenters. The van der Waals surface area contributed by atoms with Crippen molar-refractivity contribution >= 4 is 11.6 Å². The van der Waals surface area contributed by atoms with Gasteiger partial charge in [0.1, 0.15) is 23.1 Å². The van der Waals surface area contributed by atoms with E-state index in [1.165, 1.54) is 24.3 Å². The molecule has 0 unspecified atom stereocenters. The van der Waals surface area contributed by atoms with Crippen LogP contribution in [0.1, 0.15) is 10.4 Å². The summed E-state index contributed by atoms with van der Waals surface area (Å²) in [5.41, 5.74) is -0.870. The molecule has 2 aromatic rings. The summed E-state index contributed by atoms with van der Waals surface area (Å²) < 4.78 is 39.9. The average Bonchev–Trinajstić information content (AvgIpc) is 2.34. The second-order valence-corrected chi connectivity index (χ2v) is 3.53. The van der Waals surface area contributed by atoms with E-state index in [-0.39, 0.29) is 5.56 Å². The minimum Gasteiger partial charge on any atom is -0.317 e. The molecule has 0 radical (unpaired) electrons. The fourth-order valence-corrected chi connectivity index (χ4v) is 1.44. The number of carbonyl (C=O) groups is 1. The van der Waals surface area contributed by atoms with E-state index in [0.29, 0.717) is 0 Å². The SMILES string of the molecule is O=C(Nc1c(F)cccc1F)c1ccccc1F. The molecule has 18 heavy (non-hydrogen) atoms. The van der Waals surface area contributed by atoms with Crippen LogP contribution >= 0.6 is 0 Å². The Balaban J connectivity index is 2.30. The molecule has 2 rings (SSSR count). The molecular formula is C13H8F3NO. The van der Waals surface area contributed by atoms with Crippen molar-refractivity contribution in [1.82, 2.24) is 0 Å². The molecule has 0 aliphatic heterocycles. The molecule has 0 aromatic heterocycles. The third-order valence-electron chi connectivity index (χ3n) is 2.32. The van der Waals surface area contributed by atoms with Crippen LogP contribution < -0.4 is 5.32 Å². The van der Waals surface area contributed by atoms with Gasteiger partial charge in [-0.2, -0.15) is 0 Å². The van der Waals surface area contributed by atoms with Crippen LogP contribution in [-0.4, -0.2) is 5.91 Å². The summed E-state index contributed by atoms with van der Waals surface area (Å²) in [6.45, 7) is 0. The van der Waals surface area contributed by atoms with Crippen LogP contribution in [0, 0.1) is 17.5 Å². The Hall–Kier alpha value is -2.30. The lowest BCUT2D eigenvalue weighted by Crippen LogP contribution is -2.15. The molecule has 2 nitrogen and oxygen atoms in total. The predicted octanol–water partition coefficient (Wildman–Crippen LogP) is 3.36. The van der Waals surface area contributed by atoms with Gasteiger partial charge in [0.15, 0.2) is 0 Å². The first-order chi connectivity index (χ1) is 8.59. The van der Waals surface area contributed by atoms with Gasteiger partial charge in [0, 0.05) is 0 Å². The normalized spacial score (nSPS) is 10.2. The van der Waals surface area contributed by atoms with Gasteiger partial charge in [-0.1, -0.05) is 18.2 Å². The lowest BCUT2D eigenvalue weighted by atomic mass is 10.2. The zero-order chi connectivity index (χ0) is 13.1. The molecule has 5 heteroatoms. The van der Waals surface area contributed by atoms with Crippen LogP contribution in [0.2, 0.25) is 0 Å². The van der Waals surface area contributed by atoms with Gasteiger partial charge in [0.05, 0.1) is 5.56 Å². The maximum Gasteiger partial charge on any atom is 0.258 e. The lowest BCUT2D eigenvalue weighted by Gasteiger charge is -2.07. The Labute approximate surface area is 101 Å². The Bertz CT molecular complexity index is 578. The van der Waals surface area contributed by atoms with Gasteiger partial charge in [0.25, 0.3) is 5.91 Å². The lowest BCUT2D eigenvalue weighted by molar-refractivity contribution is 0.102. The molecule has 0 saturated carbocycles. The highest BCUT2D eigenvalue weighted by Crippen LogP contribution is 2.19. The molecule has 0 saturated heterocycles. The smallest absolute Gasteiger partial charge is 0.258 e. The highest BCUT2D eigenvalue weighted by molar-refractivity contribution is 6.04. The number of hydrogen-bond donors (Lipinski definition) is 1. The number of rotatable bonds is 2. The summed E-state index contributed by atoms with van der Waals surface area (Å²) in [4.78, 5) is 11.7. The Kier molecular flexibility index (Phi) is 3.32. The van der Waals surface area contributed by atoms with E-state index in [1.54, 1.807) is 0 Å². The van der Waals surface area contributed by atoms with E-state index in [2.05, 4.69) is 0 Å². The van der Waals surface area contributed by atoms with Crippen molar-refractivity contribution in [2.75, 3.05) is 5.32 Å². The van der Waals surface area contributed by atoms with Gasteiger partial charge < -0.3 is 5.32 Å². The van der Waals surface area contributed by atoms with Gasteiger partial charge >= 0.3 is 0 Å². The van der Waals surface area contributed by atoms with E-state index < -0.39 is 29.0 Å². The Morgan fingerprint density at radius 1 is 0.833 bits per heavy atom. The van der Waals surface area contributed by atoms with Crippen LogP contribution in [-0.2, 0) is 0 Å². The molecule has 0 bridgehead atoms. The summed E-state index contributed by atoms with van der Waals surface area (Å²) in [6.07, 6.45) is 0. The topological polar surface area (TPSA) is 29.1 Å². The molecule has 0 fully saturated rings. The van der Waals surface area contributed by atoms with Gasteiger partial charge in [-0.25, -0.2) is 13.2 Å². The second-order valence-electron chi connectivity index (χ2n) is 3.53. The van der Waals surface area contributed by atoms with Crippen molar-refractivity contribution in [3.05, 3.63) is 65.5 Å². The summed E-state index contributed by atoms with van der Waals surface area (Å²) in [5, 5.41) is 2.01. The monoisotopic (exact) mass is 251 g/mol. The molecule has 0 spiro atoms. The maximum atomic E-state index is 13.3. The van der Waals surface area contributed by atoms with E-state index in [4.69, 9.17) is 0 Å². The molecule has 1 N–H and O–H groups in total. The van der Waals surface area contributed by atoms with Gasteiger partial charge in [0.2, 0.25) is 0 Å². The molecule has 2 aromatic carbocycles. The number of hydrogen-bond acceptors (Lipinski definition) is 1. The first-order valence-corrected chi connectivity index (χ1v) is 5.09. The number of halogens is 3. The highest BCUT2D eigenvalue weighted by Gasteiger charge is 2.15. The molecule has 1 amide bonds. The van der Waals surface area contributed by atoms with Gasteiger partial charge in [-0.05, 0) is 24.3 Å². The Morgan fingerprint density at radius 2 is 1.39 bits per heavy atom. The van der Waals surface area contributed by atoms with Crippen LogP contribution in [0.4, 0.5) is 18.9 Å².